The third-order valence-electron chi connectivity index (χ3n) is 4.71. The Morgan fingerprint density at radius 3 is 2.56 bits per heavy atom. The molecule has 2 aromatic carbocycles. The summed E-state index contributed by atoms with van der Waals surface area (Å²) in [6, 6.07) is 7.32. The van der Waals surface area contributed by atoms with Crippen molar-refractivity contribution >= 4 is 78.5 Å². The molecule has 1 aromatic heterocycles. The minimum atomic E-state index is -4.49. The third-order valence-corrected chi connectivity index (χ3v) is 8.51. The molecule has 0 aliphatic heterocycles. The van der Waals surface area contributed by atoms with Gasteiger partial charge in [0.05, 0.1) is 35.4 Å². The molecule has 0 spiro atoms. The number of likely N-dealkylation sites (N-methyl/N-ethyl adjacent to an activating group) is 2. The van der Waals surface area contributed by atoms with Crippen molar-refractivity contribution in [2.45, 2.75) is 4.90 Å². The number of hydrogen-bond acceptors (Lipinski definition) is 8. The molecule has 184 valence electrons. The number of hydrogen-bond donors (Lipinski definition) is 2. The van der Waals surface area contributed by atoms with E-state index in [2.05, 4.69) is 15.6 Å². The van der Waals surface area contributed by atoms with E-state index in [1.807, 2.05) is 25.1 Å². The molecule has 0 unspecified atom stereocenters. The maximum Gasteiger partial charge on any atom is 0.283 e. The summed E-state index contributed by atoms with van der Waals surface area (Å²) in [6.45, 7) is 1.41. The second kappa shape index (κ2) is 11.1. The number of sulfonamides is 1. The summed E-state index contributed by atoms with van der Waals surface area (Å²) in [7, 11) is 0.814. The van der Waals surface area contributed by atoms with Crippen LogP contribution in [0.1, 0.15) is 0 Å². The standard InChI is InChI=1S/C20H21Cl3FN5O3S2/c1-25-6-7-28(2)17-8-12(32-3)4-5-15(17)27-16-10-14(24)18(9-13(16)21)34(30,31)29(23)20-26-11-19(22)33-20/h4-5,8-11,25,27H,6-7H2,1-3H3. The van der Waals surface area contributed by atoms with Crippen molar-refractivity contribution in [1.29, 1.82) is 0 Å². The Kier molecular flexibility index (Phi) is 8.72. The molecular formula is C20H21Cl3FN5O3S2. The Labute approximate surface area is 216 Å². The summed E-state index contributed by atoms with van der Waals surface area (Å²) < 4.78 is 46.6. The van der Waals surface area contributed by atoms with Crippen molar-refractivity contribution in [2.75, 3.05) is 48.3 Å². The molecule has 0 atom stereocenters. The molecule has 8 nitrogen and oxygen atoms in total. The van der Waals surface area contributed by atoms with E-state index in [-0.39, 0.29) is 20.2 Å². The van der Waals surface area contributed by atoms with Crippen LogP contribution in [-0.2, 0) is 10.0 Å². The summed E-state index contributed by atoms with van der Waals surface area (Å²) in [5.74, 6) is -0.404. The summed E-state index contributed by atoms with van der Waals surface area (Å²) in [6.07, 6.45) is 1.24. The first-order chi connectivity index (χ1) is 16.1. The molecular weight excluding hydrogens is 548 g/mol. The Balaban J connectivity index is 1.96. The van der Waals surface area contributed by atoms with Gasteiger partial charge in [-0.15, -0.1) is 3.82 Å². The van der Waals surface area contributed by atoms with Gasteiger partial charge in [-0.25, -0.2) is 9.37 Å². The van der Waals surface area contributed by atoms with E-state index in [9.17, 15) is 8.42 Å². The average molecular weight is 569 g/mol. The van der Waals surface area contributed by atoms with Crippen molar-refractivity contribution in [2.24, 2.45) is 0 Å². The van der Waals surface area contributed by atoms with E-state index in [1.165, 1.54) is 6.20 Å². The van der Waals surface area contributed by atoms with Crippen molar-refractivity contribution in [3.8, 4) is 5.75 Å². The molecule has 3 rings (SSSR count). The number of methoxy groups -OCH3 is 1. The highest BCUT2D eigenvalue weighted by molar-refractivity contribution is 7.94. The molecule has 34 heavy (non-hydrogen) atoms. The van der Waals surface area contributed by atoms with Crippen LogP contribution in [-0.4, -0.2) is 47.7 Å². The van der Waals surface area contributed by atoms with Gasteiger partial charge in [0.25, 0.3) is 10.0 Å². The smallest absolute Gasteiger partial charge is 0.283 e. The maximum atomic E-state index is 15.0. The fourth-order valence-corrected chi connectivity index (χ4v) is 5.71. The minimum absolute atomic E-state index is 0.0261. The van der Waals surface area contributed by atoms with Crippen LogP contribution in [0.2, 0.25) is 9.36 Å². The first-order valence-electron chi connectivity index (χ1n) is 9.70. The predicted octanol–water partition coefficient (Wildman–Crippen LogP) is 5.35. The number of rotatable bonds is 10. The molecule has 0 saturated heterocycles. The van der Waals surface area contributed by atoms with Crippen LogP contribution in [0.15, 0.2) is 41.4 Å². The Bertz CT molecular complexity index is 1280. The first kappa shape index (κ1) is 26.6. The number of nitrogens with zero attached hydrogens (tertiary/aromatic N) is 3. The molecule has 0 aliphatic rings. The molecule has 14 heteroatoms. The predicted molar refractivity (Wildman–Crippen MR) is 138 cm³/mol. The van der Waals surface area contributed by atoms with Crippen LogP contribution < -0.4 is 24.1 Å². The molecule has 0 amide bonds. The van der Waals surface area contributed by atoms with Crippen molar-refractivity contribution in [1.82, 2.24) is 10.3 Å². The van der Waals surface area contributed by atoms with E-state index < -0.39 is 20.7 Å². The van der Waals surface area contributed by atoms with Crippen LogP contribution in [0, 0.1) is 5.82 Å². The number of halogens is 4. The third kappa shape index (κ3) is 5.78. The van der Waals surface area contributed by atoms with Crippen molar-refractivity contribution in [3.63, 3.8) is 0 Å². The van der Waals surface area contributed by atoms with Gasteiger partial charge in [0.15, 0.2) is 0 Å². The van der Waals surface area contributed by atoms with Gasteiger partial charge >= 0.3 is 0 Å². The quantitative estimate of drug-likeness (QED) is 0.319. The van der Waals surface area contributed by atoms with Gasteiger partial charge < -0.3 is 20.3 Å². The molecule has 1 heterocycles. The highest BCUT2D eigenvalue weighted by Gasteiger charge is 2.30. The van der Waals surface area contributed by atoms with E-state index in [0.29, 0.717) is 21.8 Å². The number of nitrogens with one attached hydrogen (secondary N) is 2. The molecule has 2 N–H and O–H groups in total. The molecule has 0 aliphatic carbocycles. The normalized spacial score (nSPS) is 11.4. The Morgan fingerprint density at radius 2 is 1.94 bits per heavy atom. The molecule has 3 aromatic rings. The topological polar surface area (TPSA) is 86.8 Å². The fourth-order valence-electron chi connectivity index (χ4n) is 2.94. The monoisotopic (exact) mass is 567 g/mol. The number of benzene rings is 2. The summed E-state index contributed by atoms with van der Waals surface area (Å²) in [4.78, 5) is 5.09. The van der Waals surface area contributed by atoms with Crippen molar-refractivity contribution < 1.29 is 17.5 Å². The van der Waals surface area contributed by atoms with E-state index >= 15 is 4.39 Å². The zero-order chi connectivity index (χ0) is 25.0. The van der Waals surface area contributed by atoms with E-state index in [0.717, 1.165) is 35.7 Å². The highest BCUT2D eigenvalue weighted by atomic mass is 35.5. The van der Waals surface area contributed by atoms with Crippen LogP contribution in [0.4, 0.5) is 26.6 Å². The zero-order valence-corrected chi connectivity index (χ0v) is 22.2. The summed E-state index contributed by atoms with van der Waals surface area (Å²) >= 11 is 18.9. The lowest BCUT2D eigenvalue weighted by atomic mass is 10.2. The SMILES string of the molecule is CNCCN(C)c1cc(OC)ccc1Nc1cc(F)c(S(=O)(=O)N(Cl)c2ncc(Cl)s2)cc1Cl. The van der Waals surface area contributed by atoms with Gasteiger partial charge in [0.1, 0.15) is 20.8 Å². The number of thiazole rings is 1. The highest BCUT2D eigenvalue weighted by Crippen LogP contribution is 2.38. The van der Waals surface area contributed by atoms with Crippen LogP contribution >= 0.6 is 46.3 Å². The Hall–Kier alpha value is -2.02. The number of aromatic nitrogens is 1. The lowest BCUT2D eigenvalue weighted by Crippen LogP contribution is -2.27. The van der Waals surface area contributed by atoms with Gasteiger partial charge in [-0.2, -0.15) is 8.42 Å². The summed E-state index contributed by atoms with van der Waals surface area (Å²) in [5.41, 5.74) is 1.56. The first-order valence-corrected chi connectivity index (χ1v) is 13.1. The van der Waals surface area contributed by atoms with E-state index in [4.69, 9.17) is 39.7 Å². The van der Waals surface area contributed by atoms with Gasteiger partial charge in [0, 0.05) is 44.0 Å². The number of ether oxygens (including phenoxy) is 1. The van der Waals surface area contributed by atoms with Crippen LogP contribution in [0.5, 0.6) is 5.75 Å². The van der Waals surface area contributed by atoms with Crippen molar-refractivity contribution in [3.05, 3.63) is 51.7 Å². The largest absolute Gasteiger partial charge is 0.497 e. The second-order valence-corrected chi connectivity index (χ2v) is 11.3. The lowest BCUT2D eigenvalue weighted by molar-refractivity contribution is 0.415. The summed E-state index contributed by atoms with van der Waals surface area (Å²) in [5, 5.41) is 6.00. The molecule has 0 radical (unpaired) electrons. The zero-order valence-electron chi connectivity index (χ0n) is 18.3. The van der Waals surface area contributed by atoms with Gasteiger partial charge in [-0.3, -0.25) is 0 Å². The van der Waals surface area contributed by atoms with E-state index in [1.54, 1.807) is 19.2 Å². The molecule has 0 bridgehead atoms. The van der Waals surface area contributed by atoms with Gasteiger partial charge in [-0.1, -0.05) is 34.5 Å². The van der Waals surface area contributed by atoms with Gasteiger partial charge in [-0.05, 0) is 25.2 Å². The van der Waals surface area contributed by atoms with Crippen LogP contribution in [0.25, 0.3) is 0 Å². The van der Waals surface area contributed by atoms with Crippen LogP contribution in [0.3, 0.4) is 0 Å². The van der Waals surface area contributed by atoms with Gasteiger partial charge in [0.2, 0.25) is 5.13 Å². The number of anilines is 4. The molecule has 0 saturated carbocycles. The Morgan fingerprint density at radius 1 is 1.21 bits per heavy atom. The lowest BCUT2D eigenvalue weighted by Gasteiger charge is -2.24. The maximum absolute atomic E-state index is 15.0. The second-order valence-electron chi connectivity index (χ2n) is 6.96. The average Bonchev–Trinajstić information content (AvgIpc) is 3.25. The molecule has 0 fully saturated rings. The minimum Gasteiger partial charge on any atom is -0.497 e. The fraction of sp³-hybridized carbons (Fsp3) is 0.250.